The third-order valence-electron chi connectivity index (χ3n) is 5.82. The van der Waals surface area contributed by atoms with Crippen LogP contribution in [-0.4, -0.2) is 95.7 Å². The van der Waals surface area contributed by atoms with Gasteiger partial charge in [0.1, 0.15) is 5.54 Å². The molecule has 13 heteroatoms. The number of aliphatic carboxylic acids is 1. The van der Waals surface area contributed by atoms with E-state index in [1.54, 1.807) is 0 Å². The molecule has 2 aliphatic rings. The lowest BCUT2D eigenvalue weighted by Crippen LogP contribution is -2.57. The van der Waals surface area contributed by atoms with Crippen molar-refractivity contribution in [2.75, 3.05) is 32.8 Å². The molecular formula is C16H33BN4O7S. The third kappa shape index (κ3) is 5.47. The number of hydrogen-bond acceptors (Lipinski definition) is 8. The Morgan fingerprint density at radius 1 is 1.34 bits per heavy atom. The summed E-state index contributed by atoms with van der Waals surface area (Å²) in [5, 5.41) is 27.7. The van der Waals surface area contributed by atoms with Crippen LogP contribution in [-0.2, 0) is 19.7 Å². The zero-order chi connectivity index (χ0) is 21.8. The minimum Gasteiger partial charge on any atom is -0.480 e. The first-order valence-corrected chi connectivity index (χ1v) is 11.4. The quantitative estimate of drug-likeness (QED) is 0.230. The zero-order valence-electron chi connectivity index (χ0n) is 16.8. The molecule has 0 amide bonds. The fraction of sp³-hybridized carbons (Fsp3) is 0.938. The van der Waals surface area contributed by atoms with Gasteiger partial charge in [-0.05, 0) is 19.2 Å². The predicted molar refractivity (Wildman–Crippen MR) is 107 cm³/mol. The Hall–Kier alpha value is -0.795. The van der Waals surface area contributed by atoms with Gasteiger partial charge >= 0.3 is 13.1 Å². The van der Waals surface area contributed by atoms with Crippen molar-refractivity contribution in [2.45, 2.75) is 56.5 Å². The summed E-state index contributed by atoms with van der Waals surface area (Å²) in [5.74, 6) is -1.92. The van der Waals surface area contributed by atoms with Gasteiger partial charge in [-0.25, -0.2) is 0 Å². The number of carbonyl (C=O) groups is 1. The summed E-state index contributed by atoms with van der Waals surface area (Å²) in [7, 11) is -5.50. The molecule has 2 unspecified atom stereocenters. The van der Waals surface area contributed by atoms with Crippen molar-refractivity contribution in [3.63, 3.8) is 0 Å². The fourth-order valence-electron chi connectivity index (χ4n) is 3.98. The molecule has 4 atom stereocenters. The third-order valence-corrected chi connectivity index (χ3v) is 7.80. The molecule has 0 radical (unpaired) electrons. The molecule has 0 aromatic heterocycles. The molecule has 7 N–H and O–H groups in total. The first-order valence-electron chi connectivity index (χ1n) is 10.0. The second-order valence-corrected chi connectivity index (χ2v) is 9.87. The zero-order valence-corrected chi connectivity index (χ0v) is 17.6. The van der Waals surface area contributed by atoms with E-state index in [0.29, 0.717) is 12.8 Å². The molecule has 0 bridgehead atoms. The van der Waals surface area contributed by atoms with E-state index >= 15 is 0 Å². The van der Waals surface area contributed by atoms with Gasteiger partial charge in [-0.15, -0.1) is 0 Å². The van der Waals surface area contributed by atoms with E-state index in [4.69, 9.17) is 26.3 Å². The molecule has 2 fully saturated rings. The van der Waals surface area contributed by atoms with Crippen LogP contribution < -0.4 is 11.5 Å². The lowest BCUT2D eigenvalue weighted by molar-refractivity contribution is -0.144. The maximum absolute atomic E-state index is 13.4. The summed E-state index contributed by atoms with van der Waals surface area (Å²) in [4.78, 5) is 11.9. The molecule has 0 spiro atoms. The van der Waals surface area contributed by atoms with Crippen LogP contribution in [0.1, 0.15) is 32.6 Å². The minimum absolute atomic E-state index is 0.0436. The lowest BCUT2D eigenvalue weighted by Gasteiger charge is -2.33. The van der Waals surface area contributed by atoms with Crippen LogP contribution in [0.5, 0.6) is 0 Å². The normalized spacial score (nSPS) is 30.9. The Morgan fingerprint density at radius 3 is 2.55 bits per heavy atom. The number of nitrogens with two attached hydrogens (primary N) is 2. The Labute approximate surface area is 172 Å². The number of unbranched alkanes of at least 4 members (excludes halogenated alkanes) is 1. The average molecular weight is 436 g/mol. The highest BCUT2D eigenvalue weighted by Gasteiger charge is 2.54. The van der Waals surface area contributed by atoms with Crippen LogP contribution in [0.15, 0.2) is 0 Å². The Bertz CT molecular complexity index is 668. The molecule has 11 nitrogen and oxygen atoms in total. The molecule has 168 valence electrons. The van der Waals surface area contributed by atoms with Crippen molar-refractivity contribution in [1.29, 1.82) is 0 Å². The molecule has 2 heterocycles. The smallest absolute Gasteiger partial charge is 0.451 e. The monoisotopic (exact) mass is 436 g/mol. The molecule has 29 heavy (non-hydrogen) atoms. The van der Waals surface area contributed by atoms with Gasteiger partial charge in [0, 0.05) is 31.6 Å². The molecule has 0 aliphatic carbocycles. The highest BCUT2D eigenvalue weighted by Crippen LogP contribution is 2.34. The van der Waals surface area contributed by atoms with E-state index < -0.39 is 46.8 Å². The van der Waals surface area contributed by atoms with E-state index in [9.17, 15) is 18.3 Å². The van der Waals surface area contributed by atoms with Crippen LogP contribution in [0.3, 0.4) is 0 Å². The maximum atomic E-state index is 13.4. The van der Waals surface area contributed by atoms with Crippen LogP contribution >= 0.6 is 0 Å². The van der Waals surface area contributed by atoms with E-state index in [2.05, 4.69) is 0 Å². The summed E-state index contributed by atoms with van der Waals surface area (Å²) in [6.07, 6.45) is 2.09. The fourth-order valence-corrected chi connectivity index (χ4v) is 5.94. The second-order valence-electron chi connectivity index (χ2n) is 7.99. The number of carboxylic acids is 1. The van der Waals surface area contributed by atoms with Gasteiger partial charge in [-0.2, -0.15) is 17.0 Å². The van der Waals surface area contributed by atoms with Crippen LogP contribution in [0.4, 0.5) is 0 Å². The van der Waals surface area contributed by atoms with Gasteiger partial charge in [0.2, 0.25) is 0 Å². The van der Waals surface area contributed by atoms with Crippen LogP contribution in [0, 0.1) is 5.92 Å². The number of hydrogen-bond donors (Lipinski definition) is 5. The van der Waals surface area contributed by atoms with Gasteiger partial charge in [0.15, 0.2) is 0 Å². The summed E-state index contributed by atoms with van der Waals surface area (Å²) >= 11 is 0. The second kappa shape index (κ2) is 10.0. The highest BCUT2D eigenvalue weighted by atomic mass is 32.2. The molecule has 0 saturated carbocycles. The largest absolute Gasteiger partial charge is 0.480 e. The van der Waals surface area contributed by atoms with E-state index in [0.717, 1.165) is 10.7 Å². The lowest BCUT2D eigenvalue weighted by atomic mass is 9.78. The van der Waals surface area contributed by atoms with Crippen molar-refractivity contribution in [1.82, 2.24) is 8.61 Å². The Kier molecular flexibility index (Phi) is 8.45. The highest BCUT2D eigenvalue weighted by molar-refractivity contribution is 7.86. The van der Waals surface area contributed by atoms with E-state index in [1.165, 1.54) is 4.31 Å². The number of carboxylic acid groups (broad SMARTS) is 1. The summed E-state index contributed by atoms with van der Waals surface area (Å²) in [5.41, 5.74) is 10.4. The van der Waals surface area contributed by atoms with Gasteiger partial charge in [0.05, 0.1) is 19.3 Å². The van der Waals surface area contributed by atoms with Crippen molar-refractivity contribution < 1.29 is 33.1 Å². The first kappa shape index (κ1) is 24.5. The summed E-state index contributed by atoms with van der Waals surface area (Å²) < 4.78 is 34.6. The van der Waals surface area contributed by atoms with Crippen LogP contribution in [0.25, 0.3) is 0 Å². The van der Waals surface area contributed by atoms with Gasteiger partial charge in [-0.3, -0.25) is 4.79 Å². The molecule has 2 aliphatic heterocycles. The minimum atomic E-state index is -4.00. The molecule has 2 rings (SSSR count). The number of nitrogens with zero attached hydrogens (tertiary/aromatic N) is 2. The standard InChI is InChI=1S/C16H33BN4O7S/c1-2-3-7-21(14-10-28-9-13(14)18)29(26,27)20-8-12(5-4-6-17(24)25)16(19,11-20)15(22)23/h12-14,24-25H,2-11,18-19H2,1H3,(H,22,23)/t12-,13?,14?,16-/m0/s1. The topological polar surface area (TPSA) is 180 Å². The van der Waals surface area contributed by atoms with Crippen molar-refractivity contribution in [3.05, 3.63) is 0 Å². The van der Waals surface area contributed by atoms with Crippen molar-refractivity contribution in [2.24, 2.45) is 17.4 Å². The van der Waals surface area contributed by atoms with Crippen molar-refractivity contribution >= 4 is 23.3 Å². The van der Waals surface area contributed by atoms with Gasteiger partial charge in [-0.1, -0.05) is 19.8 Å². The number of ether oxygens (including phenoxy) is 1. The Morgan fingerprint density at radius 2 is 2.03 bits per heavy atom. The maximum Gasteiger partial charge on any atom is 0.451 e. The van der Waals surface area contributed by atoms with Gasteiger partial charge in [0.25, 0.3) is 10.2 Å². The van der Waals surface area contributed by atoms with Crippen molar-refractivity contribution in [3.8, 4) is 0 Å². The first-order chi connectivity index (χ1) is 13.5. The summed E-state index contributed by atoms with van der Waals surface area (Å²) in [6.45, 7) is 2.30. The molecular weight excluding hydrogens is 403 g/mol. The van der Waals surface area contributed by atoms with E-state index in [-0.39, 0.29) is 45.6 Å². The average Bonchev–Trinajstić information content (AvgIpc) is 3.20. The molecule has 2 saturated heterocycles. The SMILES string of the molecule is CCCCN(C1COCC1N)S(=O)(=O)N1C[C@H](CCCB(O)O)[C@](N)(C(=O)O)C1. The summed E-state index contributed by atoms with van der Waals surface area (Å²) in [6, 6.07) is -0.958. The molecule has 0 aromatic rings. The van der Waals surface area contributed by atoms with E-state index in [1.807, 2.05) is 6.92 Å². The Balaban J connectivity index is 2.23. The molecule has 0 aromatic carbocycles. The number of rotatable bonds is 11. The van der Waals surface area contributed by atoms with Crippen LogP contribution in [0.2, 0.25) is 6.32 Å². The predicted octanol–water partition coefficient (Wildman–Crippen LogP) is -1.97. The van der Waals surface area contributed by atoms with Gasteiger partial charge < -0.3 is 31.4 Å².